The molecule has 3 N–H and O–H groups in total. The van der Waals surface area contributed by atoms with Crippen molar-refractivity contribution < 1.29 is 4.79 Å². The van der Waals surface area contributed by atoms with Crippen molar-refractivity contribution in [3.05, 3.63) is 23.4 Å². The van der Waals surface area contributed by atoms with Gasteiger partial charge < -0.3 is 16.0 Å². The molecule has 0 radical (unpaired) electrons. The van der Waals surface area contributed by atoms with Gasteiger partial charge in [0.15, 0.2) is 0 Å². The predicted molar refractivity (Wildman–Crippen MR) is 79.3 cm³/mol. The number of nitrogens with two attached hydrogens (primary N) is 1. The number of nitrogens with zero attached hydrogens (tertiary/aromatic N) is 2. The molecule has 1 unspecified atom stereocenters. The Bertz CT molecular complexity index is 517. The Kier molecular flexibility index (Phi) is 3.99. The van der Waals surface area contributed by atoms with Crippen molar-refractivity contribution in [1.82, 2.24) is 10.3 Å². The van der Waals surface area contributed by atoms with Gasteiger partial charge >= 0.3 is 0 Å². The second kappa shape index (κ2) is 5.52. The summed E-state index contributed by atoms with van der Waals surface area (Å²) in [6.45, 7) is 2.74. The van der Waals surface area contributed by atoms with Crippen LogP contribution in [-0.2, 0) is 4.79 Å². The molecule has 1 saturated heterocycles. The van der Waals surface area contributed by atoms with Crippen molar-refractivity contribution >= 4 is 28.9 Å². The Labute approximate surface area is 118 Å². The van der Waals surface area contributed by atoms with E-state index in [1.165, 1.54) is 0 Å². The highest BCUT2D eigenvalue weighted by molar-refractivity contribution is 7.80. The van der Waals surface area contributed by atoms with Gasteiger partial charge in [0.05, 0.1) is 5.56 Å². The van der Waals surface area contributed by atoms with Crippen LogP contribution in [0, 0.1) is 6.92 Å². The highest BCUT2D eigenvalue weighted by atomic mass is 32.1. The molecule has 0 saturated carbocycles. The number of carbonyl (C=O) groups is 1. The van der Waals surface area contributed by atoms with Gasteiger partial charge in [0.1, 0.15) is 16.8 Å². The summed E-state index contributed by atoms with van der Waals surface area (Å²) in [5, 5.41) is 2.70. The molecule has 2 heterocycles. The number of nitrogens with one attached hydrogen (secondary N) is 1. The minimum Gasteiger partial charge on any atom is -0.389 e. The van der Waals surface area contributed by atoms with Crippen molar-refractivity contribution in [2.24, 2.45) is 5.73 Å². The Morgan fingerprint density at radius 3 is 3.00 bits per heavy atom. The number of amides is 1. The Morgan fingerprint density at radius 1 is 1.63 bits per heavy atom. The van der Waals surface area contributed by atoms with Crippen molar-refractivity contribution in [2.45, 2.75) is 25.8 Å². The third-order valence-electron chi connectivity index (χ3n) is 3.46. The molecule has 1 aliphatic rings. The van der Waals surface area contributed by atoms with Crippen molar-refractivity contribution in [3.8, 4) is 0 Å². The molecule has 19 heavy (non-hydrogen) atoms. The van der Waals surface area contributed by atoms with E-state index in [9.17, 15) is 4.79 Å². The highest BCUT2D eigenvalue weighted by Crippen LogP contribution is 2.28. The SMILES string of the molecule is CNC(=O)C1CCCN1c1nccc(C)c1C(N)=S. The van der Waals surface area contributed by atoms with Gasteiger partial charge in [0.25, 0.3) is 0 Å². The summed E-state index contributed by atoms with van der Waals surface area (Å²) in [6.07, 6.45) is 3.52. The first-order chi connectivity index (χ1) is 9.06. The van der Waals surface area contributed by atoms with E-state index in [0.29, 0.717) is 4.99 Å². The molecular weight excluding hydrogens is 260 g/mol. The van der Waals surface area contributed by atoms with E-state index in [1.807, 2.05) is 17.9 Å². The van der Waals surface area contributed by atoms with Crippen molar-refractivity contribution in [2.75, 3.05) is 18.5 Å². The number of hydrogen-bond donors (Lipinski definition) is 2. The topological polar surface area (TPSA) is 71.2 Å². The molecule has 5 nitrogen and oxygen atoms in total. The van der Waals surface area contributed by atoms with Crippen molar-refractivity contribution in [3.63, 3.8) is 0 Å². The smallest absolute Gasteiger partial charge is 0.242 e. The average molecular weight is 278 g/mol. The molecule has 1 aliphatic heterocycles. The first-order valence-corrected chi connectivity index (χ1v) is 6.70. The van der Waals surface area contributed by atoms with Gasteiger partial charge in [0.2, 0.25) is 5.91 Å². The summed E-state index contributed by atoms with van der Waals surface area (Å²) in [7, 11) is 1.65. The van der Waals surface area contributed by atoms with E-state index < -0.39 is 0 Å². The van der Waals surface area contributed by atoms with E-state index in [2.05, 4.69) is 10.3 Å². The lowest BCUT2D eigenvalue weighted by atomic mass is 10.1. The number of aryl methyl sites for hydroxylation is 1. The van der Waals surface area contributed by atoms with Crippen LogP contribution in [0.25, 0.3) is 0 Å². The second-order valence-electron chi connectivity index (χ2n) is 4.66. The Balaban J connectivity index is 2.44. The molecule has 0 aliphatic carbocycles. The lowest BCUT2D eigenvalue weighted by molar-refractivity contribution is -0.121. The zero-order chi connectivity index (χ0) is 14.0. The molecule has 1 amide bonds. The molecule has 0 aromatic carbocycles. The van der Waals surface area contributed by atoms with Crippen LogP contribution < -0.4 is 16.0 Å². The minimum atomic E-state index is -0.188. The minimum absolute atomic E-state index is 0.00898. The standard InChI is InChI=1S/C13H18N4OS/c1-8-5-6-16-12(10(8)11(14)19)17-7-3-4-9(17)13(18)15-2/h5-6,9H,3-4,7H2,1-2H3,(H2,14,19)(H,15,18). The number of hydrogen-bond acceptors (Lipinski definition) is 4. The maximum atomic E-state index is 11.9. The summed E-state index contributed by atoms with van der Waals surface area (Å²) in [6, 6.07) is 1.69. The number of thiocarbonyl (C=S) groups is 1. The summed E-state index contributed by atoms with van der Waals surface area (Å²) in [4.78, 5) is 18.6. The lowest BCUT2D eigenvalue weighted by Crippen LogP contribution is -2.43. The van der Waals surface area contributed by atoms with Gasteiger partial charge in [-0.3, -0.25) is 4.79 Å². The molecule has 102 valence electrons. The number of anilines is 1. The van der Waals surface area contributed by atoms with Gasteiger partial charge in [-0.2, -0.15) is 0 Å². The van der Waals surface area contributed by atoms with E-state index in [0.717, 1.165) is 36.3 Å². The number of pyridine rings is 1. The summed E-state index contributed by atoms with van der Waals surface area (Å²) in [5.74, 6) is 0.730. The monoisotopic (exact) mass is 278 g/mol. The van der Waals surface area contributed by atoms with E-state index in [4.69, 9.17) is 18.0 Å². The van der Waals surface area contributed by atoms with Gasteiger partial charge in [-0.1, -0.05) is 12.2 Å². The van der Waals surface area contributed by atoms with Crippen LogP contribution in [0.3, 0.4) is 0 Å². The largest absolute Gasteiger partial charge is 0.389 e. The Morgan fingerprint density at radius 2 is 2.37 bits per heavy atom. The first kappa shape index (κ1) is 13.7. The fourth-order valence-corrected chi connectivity index (χ4v) is 2.78. The van der Waals surface area contributed by atoms with Crippen LogP contribution in [0.15, 0.2) is 12.3 Å². The van der Waals surface area contributed by atoms with Crippen LogP contribution in [0.4, 0.5) is 5.82 Å². The molecular formula is C13H18N4OS. The maximum Gasteiger partial charge on any atom is 0.242 e. The normalized spacial score (nSPS) is 18.4. The van der Waals surface area contributed by atoms with Crippen LogP contribution in [0.5, 0.6) is 0 Å². The molecule has 2 rings (SSSR count). The molecule has 6 heteroatoms. The van der Waals surface area contributed by atoms with Crippen LogP contribution in [-0.4, -0.2) is 35.5 Å². The lowest BCUT2D eigenvalue weighted by Gasteiger charge is -2.26. The molecule has 0 spiro atoms. The zero-order valence-electron chi connectivity index (χ0n) is 11.1. The summed E-state index contributed by atoms with van der Waals surface area (Å²) in [5.41, 5.74) is 7.56. The highest BCUT2D eigenvalue weighted by Gasteiger charge is 2.32. The average Bonchev–Trinajstić information content (AvgIpc) is 2.86. The molecule has 0 bridgehead atoms. The summed E-state index contributed by atoms with van der Waals surface area (Å²) < 4.78 is 0. The van der Waals surface area contributed by atoms with Crippen molar-refractivity contribution in [1.29, 1.82) is 0 Å². The second-order valence-corrected chi connectivity index (χ2v) is 5.10. The fraction of sp³-hybridized carbons (Fsp3) is 0.462. The molecule has 1 aromatic rings. The maximum absolute atomic E-state index is 11.9. The Hall–Kier alpha value is -1.69. The molecule has 1 atom stereocenters. The van der Waals surface area contributed by atoms with Crippen LogP contribution >= 0.6 is 12.2 Å². The number of carbonyl (C=O) groups excluding carboxylic acids is 1. The number of aromatic nitrogens is 1. The van der Waals surface area contributed by atoms with Gasteiger partial charge in [-0.05, 0) is 31.4 Å². The quantitative estimate of drug-likeness (QED) is 0.798. The first-order valence-electron chi connectivity index (χ1n) is 6.30. The number of likely N-dealkylation sites (N-methyl/N-ethyl adjacent to an activating group) is 1. The van der Waals surface area contributed by atoms with Gasteiger partial charge in [0, 0.05) is 19.8 Å². The van der Waals surface area contributed by atoms with E-state index >= 15 is 0 Å². The van der Waals surface area contributed by atoms with Gasteiger partial charge in [-0.25, -0.2) is 4.98 Å². The third-order valence-corrected chi connectivity index (χ3v) is 3.66. The predicted octanol–water partition coefficient (Wildman–Crippen LogP) is 0.739. The molecule has 1 aromatic heterocycles. The van der Waals surface area contributed by atoms with Crippen LogP contribution in [0.2, 0.25) is 0 Å². The van der Waals surface area contributed by atoms with Crippen LogP contribution in [0.1, 0.15) is 24.0 Å². The summed E-state index contributed by atoms with van der Waals surface area (Å²) >= 11 is 5.12. The zero-order valence-corrected chi connectivity index (χ0v) is 12.0. The van der Waals surface area contributed by atoms with E-state index in [1.54, 1.807) is 13.2 Å². The van der Waals surface area contributed by atoms with E-state index in [-0.39, 0.29) is 11.9 Å². The van der Waals surface area contributed by atoms with Gasteiger partial charge in [-0.15, -0.1) is 0 Å². The number of rotatable bonds is 3. The fourth-order valence-electron chi connectivity index (χ4n) is 2.53. The third kappa shape index (κ3) is 2.53. The molecule has 1 fully saturated rings.